The van der Waals surface area contributed by atoms with Gasteiger partial charge in [-0.2, -0.15) is 0 Å². The maximum atomic E-state index is 14.2. The normalized spacial score (nSPS) is 15.5. The van der Waals surface area contributed by atoms with E-state index in [1.807, 2.05) is 31.2 Å². The second-order valence-corrected chi connectivity index (χ2v) is 6.46. The van der Waals surface area contributed by atoms with Crippen LogP contribution >= 0.6 is 0 Å². The summed E-state index contributed by atoms with van der Waals surface area (Å²) in [7, 11) is 1.79. The fourth-order valence-electron chi connectivity index (χ4n) is 3.37. The van der Waals surface area contributed by atoms with Crippen LogP contribution in [0.25, 0.3) is 23.5 Å². The van der Waals surface area contributed by atoms with E-state index in [1.165, 1.54) is 12.1 Å². The zero-order valence-corrected chi connectivity index (χ0v) is 15.0. The topological polar surface area (TPSA) is 50.7 Å². The molecule has 0 aliphatic heterocycles. The summed E-state index contributed by atoms with van der Waals surface area (Å²) in [4.78, 5) is 13.6. The molecule has 27 heavy (non-hydrogen) atoms. The highest BCUT2D eigenvalue weighted by atomic mass is 19.1. The van der Waals surface area contributed by atoms with E-state index in [0.717, 1.165) is 27.9 Å². The lowest BCUT2D eigenvalue weighted by Crippen LogP contribution is -2.35. The zero-order chi connectivity index (χ0) is 19.0. The molecule has 0 fully saturated rings. The summed E-state index contributed by atoms with van der Waals surface area (Å²) in [6.07, 6.45) is 6.23. The van der Waals surface area contributed by atoms with Crippen molar-refractivity contribution in [2.75, 3.05) is 12.4 Å². The Bertz CT molecular complexity index is 1140. The van der Waals surface area contributed by atoms with Crippen molar-refractivity contribution in [3.05, 3.63) is 70.0 Å². The number of nitrogens with zero attached hydrogens (tertiary/aromatic N) is 3. The number of pyridine rings is 1. The van der Waals surface area contributed by atoms with Gasteiger partial charge in [-0.1, -0.05) is 18.2 Å². The summed E-state index contributed by atoms with van der Waals surface area (Å²) < 4.78 is 27.4. The molecule has 3 aromatic rings. The van der Waals surface area contributed by atoms with Gasteiger partial charge in [-0.05, 0) is 37.1 Å². The van der Waals surface area contributed by atoms with Crippen LogP contribution in [0.15, 0.2) is 36.5 Å². The molecular formula is C21H18F2N4. The average molecular weight is 364 g/mol. The Labute approximate surface area is 155 Å². The first-order valence-corrected chi connectivity index (χ1v) is 8.71. The van der Waals surface area contributed by atoms with Crippen LogP contribution in [0, 0.1) is 18.6 Å². The highest BCUT2D eigenvalue weighted by Gasteiger charge is 2.18. The molecule has 0 saturated carbocycles. The van der Waals surface area contributed by atoms with Crippen molar-refractivity contribution in [3.63, 3.8) is 0 Å². The molecule has 1 atom stereocenters. The molecule has 2 heterocycles. The van der Waals surface area contributed by atoms with Crippen molar-refractivity contribution in [2.45, 2.75) is 19.3 Å². The van der Waals surface area contributed by atoms with E-state index >= 15 is 0 Å². The molecule has 1 aromatic carbocycles. The maximum absolute atomic E-state index is 14.2. The Morgan fingerprint density at radius 3 is 2.74 bits per heavy atom. The fourth-order valence-corrected chi connectivity index (χ4v) is 3.37. The van der Waals surface area contributed by atoms with Crippen molar-refractivity contribution in [1.29, 1.82) is 0 Å². The fraction of sp³-hybridized carbons (Fsp3) is 0.190. The minimum absolute atomic E-state index is 0.195. The number of benzene rings is 1. The second-order valence-electron chi connectivity index (χ2n) is 6.46. The molecule has 6 heteroatoms. The van der Waals surface area contributed by atoms with Gasteiger partial charge < -0.3 is 5.32 Å². The second kappa shape index (κ2) is 6.87. The van der Waals surface area contributed by atoms with Crippen LogP contribution in [-0.2, 0) is 0 Å². The van der Waals surface area contributed by atoms with E-state index in [2.05, 4.69) is 20.3 Å². The third kappa shape index (κ3) is 3.18. The number of nitrogens with one attached hydrogen (secondary N) is 1. The Morgan fingerprint density at radius 1 is 1.15 bits per heavy atom. The van der Waals surface area contributed by atoms with Crippen LogP contribution in [0.4, 0.5) is 14.6 Å². The molecule has 0 spiro atoms. The lowest BCUT2D eigenvalue weighted by molar-refractivity contribution is 0.568. The number of hydrogen-bond acceptors (Lipinski definition) is 4. The highest BCUT2D eigenvalue weighted by Crippen LogP contribution is 2.27. The lowest BCUT2D eigenvalue weighted by atomic mass is 9.91. The molecule has 0 saturated heterocycles. The van der Waals surface area contributed by atoms with E-state index in [0.29, 0.717) is 23.6 Å². The van der Waals surface area contributed by atoms with Crippen LogP contribution in [0.1, 0.15) is 23.6 Å². The molecule has 4 rings (SSSR count). The zero-order valence-electron chi connectivity index (χ0n) is 15.0. The number of aromatic nitrogens is 3. The van der Waals surface area contributed by atoms with E-state index in [4.69, 9.17) is 0 Å². The Hall–Kier alpha value is -3.15. The van der Waals surface area contributed by atoms with Gasteiger partial charge in [0.25, 0.3) is 0 Å². The number of anilines is 1. The van der Waals surface area contributed by atoms with Crippen molar-refractivity contribution < 1.29 is 8.78 Å². The first-order valence-electron chi connectivity index (χ1n) is 8.71. The third-order valence-electron chi connectivity index (χ3n) is 4.75. The summed E-state index contributed by atoms with van der Waals surface area (Å²) >= 11 is 0. The van der Waals surface area contributed by atoms with Gasteiger partial charge in [0.2, 0.25) is 0 Å². The van der Waals surface area contributed by atoms with E-state index in [9.17, 15) is 8.78 Å². The lowest BCUT2D eigenvalue weighted by Gasteiger charge is -2.17. The Morgan fingerprint density at radius 2 is 2.00 bits per heavy atom. The molecular weight excluding hydrogens is 346 g/mol. The van der Waals surface area contributed by atoms with E-state index in [1.54, 1.807) is 13.2 Å². The summed E-state index contributed by atoms with van der Waals surface area (Å²) in [5, 5.41) is 4.72. The minimum Gasteiger partial charge on any atom is -0.373 e. The number of halogens is 2. The molecule has 0 bridgehead atoms. The summed E-state index contributed by atoms with van der Waals surface area (Å²) in [6, 6.07) is 7.49. The molecule has 0 amide bonds. The molecule has 136 valence electrons. The summed E-state index contributed by atoms with van der Waals surface area (Å²) in [6.45, 7) is 1.92. The van der Waals surface area contributed by atoms with Crippen LogP contribution in [0.2, 0.25) is 0 Å². The van der Waals surface area contributed by atoms with Gasteiger partial charge in [0, 0.05) is 41.7 Å². The summed E-state index contributed by atoms with van der Waals surface area (Å²) in [5.41, 5.74) is 2.19. The highest BCUT2D eigenvalue weighted by molar-refractivity contribution is 5.62. The predicted octanol–water partition coefficient (Wildman–Crippen LogP) is 2.92. The van der Waals surface area contributed by atoms with Gasteiger partial charge in [-0.15, -0.1) is 0 Å². The number of fused-ring (bicyclic) bond motifs is 1. The van der Waals surface area contributed by atoms with Gasteiger partial charge in [-0.25, -0.2) is 18.7 Å². The molecule has 1 unspecified atom stereocenters. The van der Waals surface area contributed by atoms with Crippen molar-refractivity contribution in [3.8, 4) is 11.4 Å². The van der Waals surface area contributed by atoms with Gasteiger partial charge in [0.05, 0.1) is 5.35 Å². The Balaban J connectivity index is 1.85. The van der Waals surface area contributed by atoms with Crippen LogP contribution in [0.5, 0.6) is 0 Å². The van der Waals surface area contributed by atoms with Crippen LogP contribution in [0.3, 0.4) is 0 Å². The standard InChI is InChI=1S/C21H18F2N4/c1-12-15(4-3-9-25-12)21-26-19-8-5-13(10-17(19)20(24-2)27-21)16-7-6-14(22)11-18(16)23/h3-4,6-11,13H,5H2,1-2H3,(H,24,26,27). The Kier molecular flexibility index (Phi) is 4.39. The third-order valence-corrected chi connectivity index (χ3v) is 4.75. The first-order chi connectivity index (χ1) is 13.1. The van der Waals surface area contributed by atoms with Gasteiger partial charge in [0.1, 0.15) is 17.5 Å². The number of aryl methyl sites for hydroxylation is 1. The smallest absolute Gasteiger partial charge is 0.163 e. The number of rotatable bonds is 3. The van der Waals surface area contributed by atoms with Crippen molar-refractivity contribution >= 4 is 18.0 Å². The molecule has 1 aliphatic carbocycles. The molecule has 0 radical (unpaired) electrons. The van der Waals surface area contributed by atoms with E-state index < -0.39 is 11.6 Å². The minimum atomic E-state index is -0.577. The monoisotopic (exact) mass is 364 g/mol. The van der Waals surface area contributed by atoms with Gasteiger partial charge in [-0.3, -0.25) is 4.98 Å². The predicted molar refractivity (Wildman–Crippen MR) is 101 cm³/mol. The number of hydrogen-bond donors (Lipinski definition) is 1. The molecule has 1 N–H and O–H groups in total. The summed E-state index contributed by atoms with van der Waals surface area (Å²) in [5.74, 6) is -0.0453. The molecule has 1 aliphatic rings. The van der Waals surface area contributed by atoms with Crippen LogP contribution in [-0.4, -0.2) is 22.0 Å². The quantitative estimate of drug-likeness (QED) is 0.776. The molecule has 2 aromatic heterocycles. The van der Waals surface area contributed by atoms with Gasteiger partial charge in [0.15, 0.2) is 5.82 Å². The molecule has 4 nitrogen and oxygen atoms in total. The van der Waals surface area contributed by atoms with Gasteiger partial charge >= 0.3 is 0 Å². The van der Waals surface area contributed by atoms with Crippen LogP contribution < -0.4 is 15.9 Å². The average Bonchev–Trinajstić information content (AvgIpc) is 2.67. The van der Waals surface area contributed by atoms with E-state index in [-0.39, 0.29) is 5.92 Å². The first kappa shape index (κ1) is 17.3. The maximum Gasteiger partial charge on any atom is 0.163 e. The SMILES string of the molecule is CNc1nc(-c2cccnc2C)nc2c1=CC(c1ccc(F)cc1F)CC=2. The van der Waals surface area contributed by atoms with Crippen molar-refractivity contribution in [1.82, 2.24) is 15.0 Å². The largest absolute Gasteiger partial charge is 0.373 e. The van der Waals surface area contributed by atoms with Crippen molar-refractivity contribution in [2.24, 2.45) is 0 Å².